The fraction of sp³-hybridized carbons (Fsp3) is 0.143. The minimum atomic E-state index is 0.513. The van der Waals surface area contributed by atoms with Crippen LogP contribution in [0.25, 0.3) is 0 Å². The highest BCUT2D eigenvalue weighted by Gasteiger charge is 2.07. The summed E-state index contributed by atoms with van der Waals surface area (Å²) in [5.41, 5.74) is 2.93. The van der Waals surface area contributed by atoms with Gasteiger partial charge in [-0.1, -0.05) is 6.07 Å². The molecule has 0 aliphatic carbocycles. The van der Waals surface area contributed by atoms with Crippen molar-refractivity contribution in [3.63, 3.8) is 0 Å². The summed E-state index contributed by atoms with van der Waals surface area (Å²) in [5.74, 6) is 0. The molecule has 2 aromatic rings. The highest BCUT2D eigenvalue weighted by atomic mass is 32.1. The average molecular weight is 253 g/mol. The molecule has 4 heteroatoms. The minimum Gasteiger partial charge on any atom is -0.383 e. The summed E-state index contributed by atoms with van der Waals surface area (Å²) in [4.78, 5) is 0. The zero-order valence-electron chi connectivity index (χ0n) is 9.68. The lowest BCUT2D eigenvalue weighted by Gasteiger charge is -2.09. The Kier molecular flexibility index (Phi) is 3.96. The largest absolute Gasteiger partial charge is 0.383 e. The van der Waals surface area contributed by atoms with E-state index in [1.165, 1.54) is 5.56 Å². The maximum atomic E-state index is 9.02. The number of benzene rings is 1. The Morgan fingerprint density at radius 3 is 2.39 bits per heavy atom. The second-order valence-electron chi connectivity index (χ2n) is 3.76. The molecule has 88 valence electrons. The van der Waals surface area contributed by atoms with Crippen molar-refractivity contribution in [3.8, 4) is 12.1 Å². The SMILES string of the molecule is N#Cc1cccc(C#N)c1NCCc1ccsc1. The molecule has 1 aromatic carbocycles. The Hall–Kier alpha value is -2.30. The predicted octanol–water partition coefficient (Wildman–Crippen LogP) is 3.15. The molecule has 18 heavy (non-hydrogen) atoms. The zero-order valence-corrected chi connectivity index (χ0v) is 10.5. The van der Waals surface area contributed by atoms with Crippen molar-refractivity contribution in [2.45, 2.75) is 6.42 Å². The third kappa shape index (κ3) is 2.68. The molecule has 1 aromatic heterocycles. The van der Waals surface area contributed by atoms with Crippen LogP contribution in [0.1, 0.15) is 16.7 Å². The van der Waals surface area contributed by atoms with E-state index < -0.39 is 0 Å². The summed E-state index contributed by atoms with van der Waals surface area (Å²) in [6, 6.07) is 11.4. The molecule has 0 amide bonds. The van der Waals surface area contributed by atoms with Gasteiger partial charge >= 0.3 is 0 Å². The van der Waals surface area contributed by atoms with Gasteiger partial charge in [-0.25, -0.2) is 0 Å². The van der Waals surface area contributed by atoms with E-state index in [2.05, 4.69) is 28.9 Å². The van der Waals surface area contributed by atoms with Gasteiger partial charge in [-0.15, -0.1) is 0 Å². The normalized spacial score (nSPS) is 9.44. The van der Waals surface area contributed by atoms with E-state index in [-0.39, 0.29) is 0 Å². The van der Waals surface area contributed by atoms with Gasteiger partial charge in [-0.3, -0.25) is 0 Å². The van der Waals surface area contributed by atoms with Crippen molar-refractivity contribution in [1.29, 1.82) is 10.5 Å². The van der Waals surface area contributed by atoms with Crippen LogP contribution in [0.5, 0.6) is 0 Å². The van der Waals surface area contributed by atoms with Crippen molar-refractivity contribution >= 4 is 17.0 Å². The zero-order chi connectivity index (χ0) is 12.8. The van der Waals surface area contributed by atoms with E-state index in [1.807, 2.05) is 5.38 Å². The molecule has 3 nitrogen and oxygen atoms in total. The lowest BCUT2D eigenvalue weighted by atomic mass is 10.1. The molecule has 2 rings (SSSR count). The number of hydrogen-bond acceptors (Lipinski definition) is 4. The third-order valence-corrected chi connectivity index (χ3v) is 3.33. The van der Waals surface area contributed by atoms with Gasteiger partial charge in [0.1, 0.15) is 12.1 Å². The fourth-order valence-corrected chi connectivity index (χ4v) is 2.40. The third-order valence-electron chi connectivity index (χ3n) is 2.60. The second-order valence-corrected chi connectivity index (χ2v) is 4.54. The van der Waals surface area contributed by atoms with E-state index in [0.717, 1.165) is 6.42 Å². The van der Waals surface area contributed by atoms with Crippen LogP contribution in [-0.4, -0.2) is 6.54 Å². The van der Waals surface area contributed by atoms with E-state index in [4.69, 9.17) is 10.5 Å². The summed E-state index contributed by atoms with van der Waals surface area (Å²) in [7, 11) is 0. The average Bonchev–Trinajstić information content (AvgIpc) is 2.92. The molecule has 0 radical (unpaired) electrons. The van der Waals surface area contributed by atoms with Gasteiger partial charge in [0.2, 0.25) is 0 Å². The molecule has 0 spiro atoms. The topological polar surface area (TPSA) is 59.6 Å². The van der Waals surface area contributed by atoms with Crippen LogP contribution in [0.15, 0.2) is 35.0 Å². The number of anilines is 1. The molecule has 0 saturated carbocycles. The van der Waals surface area contributed by atoms with Crippen LogP contribution in [-0.2, 0) is 6.42 Å². The van der Waals surface area contributed by atoms with Crippen LogP contribution in [0.3, 0.4) is 0 Å². The van der Waals surface area contributed by atoms with Crippen molar-refractivity contribution < 1.29 is 0 Å². The number of nitrogens with zero attached hydrogens (tertiary/aromatic N) is 2. The van der Waals surface area contributed by atoms with Crippen molar-refractivity contribution in [2.75, 3.05) is 11.9 Å². The lowest BCUT2D eigenvalue weighted by Crippen LogP contribution is -2.07. The van der Waals surface area contributed by atoms with Gasteiger partial charge in [0.25, 0.3) is 0 Å². The van der Waals surface area contributed by atoms with E-state index in [0.29, 0.717) is 23.4 Å². The maximum Gasteiger partial charge on any atom is 0.101 e. The number of nitriles is 2. The minimum absolute atomic E-state index is 0.513. The van der Waals surface area contributed by atoms with E-state index >= 15 is 0 Å². The Bertz CT molecular complexity index is 571. The number of hydrogen-bond donors (Lipinski definition) is 1. The van der Waals surface area contributed by atoms with Crippen LogP contribution in [0, 0.1) is 22.7 Å². The Morgan fingerprint density at radius 2 is 1.83 bits per heavy atom. The summed E-state index contributed by atoms with van der Waals surface area (Å²) in [5, 5.41) is 25.4. The van der Waals surface area contributed by atoms with Crippen LogP contribution < -0.4 is 5.32 Å². The van der Waals surface area contributed by atoms with Gasteiger partial charge < -0.3 is 5.32 Å². The lowest BCUT2D eigenvalue weighted by molar-refractivity contribution is 1.02. The highest BCUT2D eigenvalue weighted by Crippen LogP contribution is 2.20. The number of nitrogens with one attached hydrogen (secondary N) is 1. The molecule has 0 atom stereocenters. The molecule has 1 heterocycles. The number of rotatable bonds is 4. The second kappa shape index (κ2) is 5.86. The Balaban J connectivity index is 2.09. The molecular formula is C14H11N3S. The van der Waals surface area contributed by atoms with Crippen LogP contribution in [0.4, 0.5) is 5.69 Å². The summed E-state index contributed by atoms with van der Waals surface area (Å²) in [6.07, 6.45) is 0.883. The number of para-hydroxylation sites is 1. The van der Waals surface area contributed by atoms with Gasteiger partial charge in [-0.2, -0.15) is 21.9 Å². The Morgan fingerprint density at radius 1 is 1.11 bits per heavy atom. The summed E-state index contributed by atoms with van der Waals surface area (Å²) >= 11 is 1.67. The Labute approximate surface area is 110 Å². The van der Waals surface area contributed by atoms with E-state index in [9.17, 15) is 0 Å². The molecule has 0 bridgehead atoms. The smallest absolute Gasteiger partial charge is 0.101 e. The van der Waals surface area contributed by atoms with Gasteiger partial charge in [-0.05, 0) is 40.9 Å². The van der Waals surface area contributed by atoms with Crippen molar-refractivity contribution in [2.24, 2.45) is 0 Å². The molecule has 0 fully saturated rings. The van der Waals surface area contributed by atoms with Crippen LogP contribution in [0.2, 0.25) is 0 Å². The fourth-order valence-electron chi connectivity index (χ4n) is 1.70. The number of thiophene rings is 1. The van der Waals surface area contributed by atoms with Gasteiger partial charge in [0.05, 0.1) is 16.8 Å². The van der Waals surface area contributed by atoms with Gasteiger partial charge in [0.15, 0.2) is 0 Å². The molecule has 1 N–H and O–H groups in total. The first-order valence-corrected chi connectivity index (χ1v) is 6.47. The molecular weight excluding hydrogens is 242 g/mol. The first kappa shape index (κ1) is 12.2. The predicted molar refractivity (Wildman–Crippen MR) is 72.4 cm³/mol. The highest BCUT2D eigenvalue weighted by molar-refractivity contribution is 7.07. The molecule has 0 aliphatic heterocycles. The first-order valence-electron chi connectivity index (χ1n) is 5.53. The standard InChI is InChI=1S/C14H11N3S/c15-8-12-2-1-3-13(9-16)14(12)17-6-4-11-5-7-18-10-11/h1-3,5,7,10,17H,4,6H2. The van der Waals surface area contributed by atoms with E-state index in [1.54, 1.807) is 29.5 Å². The van der Waals surface area contributed by atoms with Crippen LogP contribution >= 0.6 is 11.3 Å². The van der Waals surface area contributed by atoms with Gasteiger partial charge in [0, 0.05) is 6.54 Å². The quantitative estimate of drug-likeness (QED) is 0.910. The summed E-state index contributed by atoms with van der Waals surface area (Å²) in [6.45, 7) is 0.712. The molecule has 0 saturated heterocycles. The van der Waals surface area contributed by atoms with Crippen molar-refractivity contribution in [3.05, 3.63) is 51.7 Å². The molecule has 0 unspecified atom stereocenters. The maximum absolute atomic E-state index is 9.02. The molecule has 0 aliphatic rings. The van der Waals surface area contributed by atoms with Crippen molar-refractivity contribution in [1.82, 2.24) is 0 Å². The monoisotopic (exact) mass is 253 g/mol. The first-order chi connectivity index (χ1) is 8.85. The summed E-state index contributed by atoms with van der Waals surface area (Å²) < 4.78 is 0.